The summed E-state index contributed by atoms with van der Waals surface area (Å²) in [4.78, 5) is 74.6. The van der Waals surface area contributed by atoms with Crippen molar-refractivity contribution in [2.75, 3.05) is 18.6 Å². The molecule has 4 N–H and O–H groups in total. The third-order valence-electron chi connectivity index (χ3n) is 7.93. The standard InChI is InChI=1S/C32H41N3O10/c1-31(2,3)45-30(43)34-25-24(35(26(37)28(40)41)23-14-12-21(13-15-23)27(38)39)7-5-16-32(25,17-6-18-36)33-19-20-8-10-22(11-9-20)29(42)44-4/h5,7,12-16,18,20,22,25,33H,6,8-11,17,19H2,1-4H3,(H,34,43)(H,38,39)(H,40,41)/t20?,22?,25-,32?/m1/s1. The average Bonchev–Trinajstić information content (AvgIpc) is 2.99. The zero-order chi connectivity index (χ0) is 33.4. The van der Waals surface area contributed by atoms with Crippen LogP contribution in [0.5, 0.6) is 0 Å². The topological polar surface area (TPSA) is 189 Å². The van der Waals surface area contributed by atoms with E-state index in [9.17, 15) is 39.0 Å². The number of alkyl carbamates (subject to hydrolysis) is 1. The smallest absolute Gasteiger partial charge is 0.408 e. The van der Waals surface area contributed by atoms with Gasteiger partial charge >= 0.3 is 29.9 Å². The van der Waals surface area contributed by atoms with Crippen molar-refractivity contribution in [3.05, 3.63) is 53.8 Å². The molecule has 1 saturated carbocycles. The van der Waals surface area contributed by atoms with Crippen molar-refractivity contribution < 1.29 is 48.5 Å². The molecule has 2 atom stereocenters. The molecule has 2 aliphatic rings. The summed E-state index contributed by atoms with van der Waals surface area (Å²) < 4.78 is 10.4. The number of nitrogens with zero attached hydrogens (tertiary/aromatic N) is 1. The van der Waals surface area contributed by atoms with E-state index in [1.807, 2.05) is 0 Å². The van der Waals surface area contributed by atoms with Gasteiger partial charge in [0.25, 0.3) is 0 Å². The molecule has 0 aromatic heterocycles. The maximum atomic E-state index is 13.2. The summed E-state index contributed by atoms with van der Waals surface area (Å²) in [5.74, 6) is -4.61. The second-order valence-electron chi connectivity index (χ2n) is 12.2. The fourth-order valence-corrected chi connectivity index (χ4v) is 5.72. The van der Waals surface area contributed by atoms with Gasteiger partial charge in [-0.1, -0.05) is 12.2 Å². The summed E-state index contributed by atoms with van der Waals surface area (Å²) in [5, 5.41) is 25.5. The van der Waals surface area contributed by atoms with Gasteiger partial charge in [0.15, 0.2) is 0 Å². The number of aromatic carboxylic acids is 1. The van der Waals surface area contributed by atoms with Crippen molar-refractivity contribution in [2.24, 2.45) is 11.8 Å². The quantitative estimate of drug-likeness (QED) is 0.160. The molecule has 13 nitrogen and oxygen atoms in total. The summed E-state index contributed by atoms with van der Waals surface area (Å²) in [6, 6.07) is 3.95. The summed E-state index contributed by atoms with van der Waals surface area (Å²) >= 11 is 0. The van der Waals surface area contributed by atoms with E-state index in [0.717, 1.165) is 24.0 Å². The molecule has 3 rings (SSSR count). The number of hydrogen-bond acceptors (Lipinski definition) is 9. The number of ether oxygens (including phenoxy) is 2. The highest BCUT2D eigenvalue weighted by molar-refractivity contribution is 6.38. The van der Waals surface area contributed by atoms with E-state index in [2.05, 4.69) is 10.6 Å². The first-order valence-electron chi connectivity index (χ1n) is 14.8. The molecule has 0 bridgehead atoms. The van der Waals surface area contributed by atoms with E-state index >= 15 is 0 Å². The highest BCUT2D eigenvalue weighted by atomic mass is 16.6. The lowest BCUT2D eigenvalue weighted by molar-refractivity contribution is -0.148. The lowest BCUT2D eigenvalue weighted by Crippen LogP contribution is -2.65. The lowest BCUT2D eigenvalue weighted by atomic mass is 9.77. The molecule has 2 aliphatic carbocycles. The van der Waals surface area contributed by atoms with Crippen LogP contribution < -0.4 is 15.5 Å². The first-order valence-corrected chi connectivity index (χ1v) is 14.8. The number of aldehydes is 1. The Morgan fingerprint density at radius 2 is 1.69 bits per heavy atom. The van der Waals surface area contributed by atoms with Gasteiger partial charge in [0, 0.05) is 12.1 Å². The van der Waals surface area contributed by atoms with Crippen molar-refractivity contribution in [1.29, 1.82) is 0 Å². The van der Waals surface area contributed by atoms with Crippen LogP contribution in [0.15, 0.2) is 48.2 Å². The predicted octanol–water partition coefficient (Wildman–Crippen LogP) is 3.44. The summed E-state index contributed by atoms with van der Waals surface area (Å²) in [6.45, 7) is 5.46. The van der Waals surface area contributed by atoms with Crippen molar-refractivity contribution in [1.82, 2.24) is 10.6 Å². The summed E-state index contributed by atoms with van der Waals surface area (Å²) in [5.41, 5.74) is -2.04. The lowest BCUT2D eigenvalue weighted by Gasteiger charge is -2.45. The second-order valence-corrected chi connectivity index (χ2v) is 12.2. The van der Waals surface area contributed by atoms with E-state index in [-0.39, 0.29) is 47.6 Å². The van der Waals surface area contributed by atoms with Crippen LogP contribution in [0.4, 0.5) is 10.5 Å². The van der Waals surface area contributed by atoms with Crippen molar-refractivity contribution in [3.63, 3.8) is 0 Å². The molecular weight excluding hydrogens is 586 g/mol. The monoisotopic (exact) mass is 627 g/mol. The van der Waals surface area contributed by atoms with Crippen molar-refractivity contribution >= 4 is 41.9 Å². The molecule has 2 amide bonds. The number of carboxylic acids is 2. The summed E-state index contributed by atoms with van der Waals surface area (Å²) in [6.07, 6.45) is 7.72. The summed E-state index contributed by atoms with van der Waals surface area (Å²) in [7, 11) is 1.37. The fourth-order valence-electron chi connectivity index (χ4n) is 5.72. The number of hydrogen-bond donors (Lipinski definition) is 4. The number of rotatable bonds is 11. The van der Waals surface area contributed by atoms with Crippen LogP contribution in [-0.2, 0) is 28.7 Å². The molecule has 1 fully saturated rings. The van der Waals surface area contributed by atoms with Gasteiger partial charge in [-0.05, 0) is 95.7 Å². The Morgan fingerprint density at radius 1 is 1.04 bits per heavy atom. The Morgan fingerprint density at radius 3 is 2.22 bits per heavy atom. The number of nitrogens with one attached hydrogen (secondary N) is 2. The highest BCUT2D eigenvalue weighted by Crippen LogP contribution is 2.35. The molecule has 0 spiro atoms. The zero-order valence-electron chi connectivity index (χ0n) is 25.9. The number of esters is 1. The molecular formula is C32H41N3O10. The van der Waals surface area contributed by atoms with Gasteiger partial charge < -0.3 is 35.1 Å². The number of amides is 2. The number of carbonyl (C=O) groups excluding carboxylic acids is 4. The minimum atomic E-state index is -1.78. The Bertz CT molecular complexity index is 1340. The van der Waals surface area contributed by atoms with Crippen LogP contribution in [0.1, 0.15) is 69.7 Å². The van der Waals surface area contributed by atoms with Gasteiger partial charge in [-0.15, -0.1) is 0 Å². The second kappa shape index (κ2) is 15.0. The van der Waals surface area contributed by atoms with Crippen LogP contribution in [0.3, 0.4) is 0 Å². The van der Waals surface area contributed by atoms with E-state index < -0.39 is 41.1 Å². The Labute approximate surface area is 261 Å². The maximum Gasteiger partial charge on any atom is 0.408 e. The molecule has 13 heteroatoms. The number of allylic oxidation sites excluding steroid dienone is 2. The van der Waals surface area contributed by atoms with Crippen molar-refractivity contribution in [3.8, 4) is 0 Å². The first-order chi connectivity index (χ1) is 21.2. The number of carboxylic acid groups (broad SMARTS) is 2. The molecule has 1 unspecified atom stereocenters. The van der Waals surface area contributed by atoms with E-state index in [0.29, 0.717) is 19.4 Å². The van der Waals surface area contributed by atoms with Gasteiger partial charge in [-0.3, -0.25) is 14.5 Å². The van der Waals surface area contributed by atoms with Gasteiger partial charge in [-0.25, -0.2) is 14.4 Å². The van der Waals surface area contributed by atoms with E-state index in [1.165, 1.54) is 37.5 Å². The number of carbonyl (C=O) groups is 6. The molecule has 0 saturated heterocycles. The molecule has 0 radical (unpaired) electrons. The van der Waals surface area contributed by atoms with Crippen LogP contribution in [0.2, 0.25) is 0 Å². The van der Waals surface area contributed by atoms with Crippen LogP contribution in [0, 0.1) is 11.8 Å². The normalized spacial score (nSPS) is 22.8. The zero-order valence-corrected chi connectivity index (χ0v) is 25.9. The fraction of sp³-hybridized carbons (Fsp3) is 0.500. The van der Waals surface area contributed by atoms with E-state index in [1.54, 1.807) is 32.9 Å². The predicted molar refractivity (Wildman–Crippen MR) is 162 cm³/mol. The van der Waals surface area contributed by atoms with Gasteiger partial charge in [-0.2, -0.15) is 0 Å². The first kappa shape index (κ1) is 35.0. The third-order valence-corrected chi connectivity index (χ3v) is 7.93. The minimum Gasteiger partial charge on any atom is -0.478 e. The molecule has 1 aromatic rings. The highest BCUT2D eigenvalue weighted by Gasteiger charge is 2.45. The van der Waals surface area contributed by atoms with Crippen LogP contribution in [0.25, 0.3) is 0 Å². The Hall–Kier alpha value is -4.52. The third kappa shape index (κ3) is 9.00. The van der Waals surface area contributed by atoms with Crippen molar-refractivity contribution in [2.45, 2.75) is 76.5 Å². The number of aliphatic carboxylic acids is 1. The molecule has 0 aliphatic heterocycles. The molecule has 1 aromatic carbocycles. The number of benzene rings is 1. The van der Waals surface area contributed by atoms with Gasteiger partial charge in [0.1, 0.15) is 11.9 Å². The largest absolute Gasteiger partial charge is 0.478 e. The Kier molecular flexibility index (Phi) is 11.6. The number of anilines is 1. The molecule has 244 valence electrons. The molecule has 45 heavy (non-hydrogen) atoms. The van der Waals surface area contributed by atoms with Crippen LogP contribution in [-0.4, -0.2) is 77.2 Å². The van der Waals surface area contributed by atoms with Gasteiger partial charge in [0.2, 0.25) is 0 Å². The van der Waals surface area contributed by atoms with E-state index in [4.69, 9.17) is 9.47 Å². The maximum absolute atomic E-state index is 13.2. The molecule has 0 heterocycles. The SMILES string of the molecule is COC(=O)C1CCC(CNC2(CCC=O)C=CC=C(N(C(=O)C(=O)O)c3ccc(C(=O)O)cc3)[C@H]2NC(=O)OC(C)(C)C)CC1. The van der Waals surface area contributed by atoms with Crippen LogP contribution >= 0.6 is 0 Å². The Balaban J connectivity index is 2.06. The average molecular weight is 628 g/mol. The minimum absolute atomic E-state index is 0.0513. The van der Waals surface area contributed by atoms with Gasteiger partial charge in [0.05, 0.1) is 35.9 Å². The number of methoxy groups -OCH3 is 1.